The summed E-state index contributed by atoms with van der Waals surface area (Å²) in [6.07, 6.45) is 1.50. The van der Waals surface area contributed by atoms with Crippen molar-refractivity contribution in [3.8, 4) is 0 Å². The quantitative estimate of drug-likeness (QED) is 0.538. The maximum Gasteiger partial charge on any atom is 0.333 e. The molecule has 0 bridgehead atoms. The van der Waals surface area contributed by atoms with Crippen LogP contribution in [0.2, 0.25) is 0 Å². The van der Waals surface area contributed by atoms with E-state index in [2.05, 4.69) is 4.98 Å². The van der Waals surface area contributed by atoms with Crippen molar-refractivity contribution in [3.05, 3.63) is 74.7 Å². The molecule has 0 spiro atoms. The Labute approximate surface area is 162 Å². The number of nitrogens with zero attached hydrogens (tertiary/aromatic N) is 4. The smallest absolute Gasteiger partial charge is 0.325 e. The van der Waals surface area contributed by atoms with Crippen LogP contribution in [0.25, 0.3) is 21.9 Å². The number of hydrogen-bond acceptors (Lipinski definition) is 3. The SMILES string of the molecule is CCCn1c(=O)n(Cc2ccc3ccccc3c2)c(=O)c2c1nc(CC)n2C. The number of rotatable bonds is 5. The molecular weight excluding hydrogens is 352 g/mol. The van der Waals surface area contributed by atoms with Crippen molar-refractivity contribution in [1.82, 2.24) is 18.7 Å². The van der Waals surface area contributed by atoms with Gasteiger partial charge in [-0.3, -0.25) is 13.9 Å². The van der Waals surface area contributed by atoms with Crippen molar-refractivity contribution in [2.45, 2.75) is 39.8 Å². The van der Waals surface area contributed by atoms with Gasteiger partial charge in [0.05, 0.1) is 6.54 Å². The average Bonchev–Trinajstić information content (AvgIpc) is 3.04. The molecule has 0 saturated carbocycles. The van der Waals surface area contributed by atoms with Gasteiger partial charge in [0.1, 0.15) is 5.82 Å². The van der Waals surface area contributed by atoms with E-state index in [9.17, 15) is 9.59 Å². The average molecular weight is 376 g/mol. The summed E-state index contributed by atoms with van der Waals surface area (Å²) in [6.45, 7) is 4.79. The normalized spacial score (nSPS) is 11.5. The van der Waals surface area contributed by atoms with Gasteiger partial charge >= 0.3 is 5.69 Å². The number of fused-ring (bicyclic) bond motifs is 2. The molecule has 6 nitrogen and oxygen atoms in total. The van der Waals surface area contributed by atoms with Crippen LogP contribution in [-0.4, -0.2) is 18.7 Å². The lowest BCUT2D eigenvalue weighted by molar-refractivity contribution is 0.589. The maximum atomic E-state index is 13.2. The minimum atomic E-state index is -0.298. The first-order chi connectivity index (χ1) is 13.5. The summed E-state index contributed by atoms with van der Waals surface area (Å²) in [5, 5.41) is 2.23. The molecule has 4 aromatic rings. The lowest BCUT2D eigenvalue weighted by atomic mass is 10.1. The van der Waals surface area contributed by atoms with Crippen LogP contribution in [0.4, 0.5) is 0 Å². The summed E-state index contributed by atoms with van der Waals surface area (Å²) in [5.74, 6) is 0.805. The highest BCUT2D eigenvalue weighted by atomic mass is 16.2. The van der Waals surface area contributed by atoms with Gasteiger partial charge in [0.2, 0.25) is 0 Å². The Morgan fingerprint density at radius 1 is 0.964 bits per heavy atom. The van der Waals surface area contributed by atoms with Gasteiger partial charge in [0.15, 0.2) is 11.2 Å². The fourth-order valence-corrected chi connectivity index (χ4v) is 3.81. The minimum Gasteiger partial charge on any atom is -0.325 e. The van der Waals surface area contributed by atoms with Crippen LogP contribution in [0.5, 0.6) is 0 Å². The summed E-state index contributed by atoms with van der Waals surface area (Å²) in [4.78, 5) is 30.9. The van der Waals surface area contributed by atoms with E-state index in [0.717, 1.165) is 28.6 Å². The predicted octanol–water partition coefficient (Wildman–Crippen LogP) is 3.07. The Morgan fingerprint density at radius 3 is 2.43 bits per heavy atom. The molecule has 0 unspecified atom stereocenters. The van der Waals surface area contributed by atoms with Crippen molar-refractivity contribution in [1.29, 1.82) is 0 Å². The van der Waals surface area contributed by atoms with Crippen LogP contribution < -0.4 is 11.2 Å². The van der Waals surface area contributed by atoms with E-state index in [1.165, 1.54) is 4.57 Å². The molecule has 0 atom stereocenters. The van der Waals surface area contributed by atoms with Gasteiger partial charge in [-0.25, -0.2) is 9.78 Å². The maximum absolute atomic E-state index is 13.2. The number of benzene rings is 2. The zero-order valence-electron chi connectivity index (χ0n) is 16.5. The molecule has 0 fully saturated rings. The van der Waals surface area contributed by atoms with E-state index in [1.54, 1.807) is 4.57 Å². The molecule has 0 aliphatic heterocycles. The predicted molar refractivity (Wildman–Crippen MR) is 112 cm³/mol. The third-order valence-electron chi connectivity index (χ3n) is 5.25. The van der Waals surface area contributed by atoms with Gasteiger partial charge in [-0.2, -0.15) is 0 Å². The standard InChI is InChI=1S/C22H24N4O2/c1-4-12-25-20-19(24(3)18(5-2)23-20)21(27)26(22(25)28)14-15-10-11-16-8-6-7-9-17(16)13-15/h6-11,13H,4-5,12,14H2,1-3H3. The van der Waals surface area contributed by atoms with Gasteiger partial charge in [-0.05, 0) is 28.8 Å². The summed E-state index contributed by atoms with van der Waals surface area (Å²) in [7, 11) is 1.84. The Morgan fingerprint density at radius 2 is 1.71 bits per heavy atom. The molecule has 6 heteroatoms. The third-order valence-corrected chi connectivity index (χ3v) is 5.25. The zero-order chi connectivity index (χ0) is 19.8. The minimum absolute atomic E-state index is 0.245. The van der Waals surface area contributed by atoms with Gasteiger partial charge in [-0.1, -0.05) is 50.2 Å². The topological polar surface area (TPSA) is 61.8 Å². The van der Waals surface area contributed by atoms with E-state index < -0.39 is 0 Å². The second-order valence-electron chi connectivity index (χ2n) is 7.12. The molecule has 0 aliphatic rings. The molecule has 2 aromatic carbocycles. The van der Waals surface area contributed by atoms with Gasteiger partial charge in [0.25, 0.3) is 5.56 Å². The molecule has 2 aromatic heterocycles. The fourth-order valence-electron chi connectivity index (χ4n) is 3.81. The largest absolute Gasteiger partial charge is 0.333 e. The van der Waals surface area contributed by atoms with Crippen LogP contribution in [0.15, 0.2) is 52.1 Å². The lowest BCUT2D eigenvalue weighted by Gasteiger charge is -2.12. The molecule has 0 amide bonds. The molecule has 0 aliphatic carbocycles. The van der Waals surface area contributed by atoms with Gasteiger partial charge < -0.3 is 4.57 Å². The second kappa shape index (κ2) is 7.11. The monoisotopic (exact) mass is 376 g/mol. The summed E-state index contributed by atoms with van der Waals surface area (Å²) in [5.41, 5.74) is 1.33. The van der Waals surface area contributed by atoms with Crippen molar-refractivity contribution in [3.63, 3.8) is 0 Å². The Hall–Kier alpha value is -3.15. The van der Waals surface area contributed by atoms with E-state index in [1.807, 2.05) is 67.9 Å². The third kappa shape index (κ3) is 2.85. The highest BCUT2D eigenvalue weighted by molar-refractivity contribution is 5.83. The Kier molecular flexibility index (Phi) is 4.63. The van der Waals surface area contributed by atoms with Crippen LogP contribution in [0.1, 0.15) is 31.7 Å². The van der Waals surface area contributed by atoms with Crippen LogP contribution >= 0.6 is 0 Å². The molecule has 144 valence electrons. The molecule has 4 rings (SSSR count). The van der Waals surface area contributed by atoms with Crippen molar-refractivity contribution in [2.24, 2.45) is 7.05 Å². The summed E-state index contributed by atoms with van der Waals surface area (Å²) >= 11 is 0. The first-order valence-corrected chi connectivity index (χ1v) is 9.71. The fraction of sp³-hybridized carbons (Fsp3) is 0.318. The van der Waals surface area contributed by atoms with E-state index >= 15 is 0 Å². The van der Waals surface area contributed by atoms with Gasteiger partial charge in [-0.15, -0.1) is 0 Å². The highest BCUT2D eigenvalue weighted by Crippen LogP contribution is 2.16. The number of imidazole rings is 1. The highest BCUT2D eigenvalue weighted by Gasteiger charge is 2.19. The van der Waals surface area contributed by atoms with E-state index in [-0.39, 0.29) is 17.8 Å². The summed E-state index contributed by atoms with van der Waals surface area (Å²) in [6, 6.07) is 14.1. The van der Waals surface area contributed by atoms with Crippen LogP contribution in [-0.2, 0) is 26.6 Å². The zero-order valence-corrected chi connectivity index (χ0v) is 16.5. The molecule has 0 saturated heterocycles. The lowest BCUT2D eigenvalue weighted by Crippen LogP contribution is -2.40. The Balaban J connectivity index is 1.93. The molecule has 2 heterocycles. The van der Waals surface area contributed by atoms with Crippen molar-refractivity contribution in [2.75, 3.05) is 0 Å². The first-order valence-electron chi connectivity index (χ1n) is 9.71. The molecule has 28 heavy (non-hydrogen) atoms. The van der Waals surface area contributed by atoms with Gasteiger partial charge in [0, 0.05) is 20.0 Å². The number of aromatic nitrogens is 4. The molecule has 0 radical (unpaired) electrons. The Bertz CT molecular complexity index is 1290. The first kappa shape index (κ1) is 18.2. The second-order valence-corrected chi connectivity index (χ2v) is 7.12. The molecule has 0 N–H and O–H groups in total. The summed E-state index contributed by atoms with van der Waals surface area (Å²) < 4.78 is 4.79. The van der Waals surface area contributed by atoms with Crippen LogP contribution in [0, 0.1) is 0 Å². The van der Waals surface area contributed by atoms with Crippen molar-refractivity contribution < 1.29 is 0 Å². The van der Waals surface area contributed by atoms with E-state index in [0.29, 0.717) is 24.1 Å². The van der Waals surface area contributed by atoms with Crippen molar-refractivity contribution >= 4 is 21.9 Å². The van der Waals surface area contributed by atoms with E-state index in [4.69, 9.17) is 0 Å². The molecular formula is C22H24N4O2. The number of hydrogen-bond donors (Lipinski definition) is 0. The number of aryl methyl sites for hydroxylation is 3. The van der Waals surface area contributed by atoms with Crippen LogP contribution in [0.3, 0.4) is 0 Å².